The van der Waals surface area contributed by atoms with Gasteiger partial charge < -0.3 is 9.47 Å². The van der Waals surface area contributed by atoms with Crippen LogP contribution in [0.25, 0.3) is 11.1 Å². The summed E-state index contributed by atoms with van der Waals surface area (Å²) in [6.07, 6.45) is 4.49. The molecule has 0 N–H and O–H groups in total. The molecular formula is C18H17F3O2. The van der Waals surface area contributed by atoms with Crippen LogP contribution in [-0.4, -0.2) is 13.0 Å². The number of alkyl halides is 3. The molecule has 2 aliphatic carbocycles. The van der Waals surface area contributed by atoms with Crippen LogP contribution in [0.3, 0.4) is 0 Å². The Balaban J connectivity index is 1.73. The fraction of sp³-hybridized carbons (Fsp3) is 0.444. The van der Waals surface area contributed by atoms with E-state index in [0.717, 1.165) is 6.42 Å². The third kappa shape index (κ3) is 2.62. The molecule has 0 bridgehead atoms. The minimum absolute atomic E-state index is 0.0599. The molecule has 1 heterocycles. The highest BCUT2D eigenvalue weighted by Gasteiger charge is 2.40. The molecule has 2 nitrogen and oxygen atoms in total. The Hall–Kier alpha value is -1.91. The lowest BCUT2D eigenvalue weighted by Gasteiger charge is -2.10. The van der Waals surface area contributed by atoms with E-state index in [1.54, 1.807) is 6.07 Å². The number of halogens is 3. The van der Waals surface area contributed by atoms with Crippen molar-refractivity contribution in [1.82, 2.24) is 0 Å². The molecule has 1 aromatic rings. The lowest BCUT2D eigenvalue weighted by molar-refractivity contribution is -0.0687. The molecule has 1 aliphatic heterocycles. The molecule has 1 aromatic carbocycles. The van der Waals surface area contributed by atoms with Crippen molar-refractivity contribution in [3.63, 3.8) is 0 Å². The standard InChI is InChI=1S/C18H17F3O2/c19-18(20,21)15-7-12(6-5-11-3-1-2-4-11)13-8-16-17(9-14(13)15)23-10-22-16/h6-9,11H,1-5,10H2/b12-6+. The second kappa shape index (κ2) is 5.32. The lowest BCUT2D eigenvalue weighted by Crippen LogP contribution is -2.09. The molecule has 1 fully saturated rings. The summed E-state index contributed by atoms with van der Waals surface area (Å²) in [6, 6.07) is 3.13. The van der Waals surface area contributed by atoms with Gasteiger partial charge in [0.15, 0.2) is 11.5 Å². The summed E-state index contributed by atoms with van der Waals surface area (Å²) in [5.41, 5.74) is 0.847. The molecule has 0 atom stereocenters. The Morgan fingerprint density at radius 1 is 1.04 bits per heavy atom. The van der Waals surface area contributed by atoms with Crippen molar-refractivity contribution < 1.29 is 22.6 Å². The number of ether oxygens (including phenoxy) is 2. The number of hydrogen-bond donors (Lipinski definition) is 0. The van der Waals surface area contributed by atoms with E-state index in [-0.39, 0.29) is 12.4 Å². The second-order valence-electron chi connectivity index (χ2n) is 6.35. The van der Waals surface area contributed by atoms with Crippen LogP contribution in [0, 0.1) is 5.92 Å². The van der Waals surface area contributed by atoms with Gasteiger partial charge in [-0.2, -0.15) is 13.2 Å². The third-order valence-electron chi connectivity index (χ3n) is 4.86. The summed E-state index contributed by atoms with van der Waals surface area (Å²) in [5, 5.41) is 0. The second-order valence-corrected chi connectivity index (χ2v) is 6.35. The SMILES string of the molecule is FC(F)(F)C1=C/C(=C\CC2CCCC2)c2cc3c(cc21)OCO3. The van der Waals surface area contributed by atoms with Crippen LogP contribution in [0.1, 0.15) is 43.2 Å². The minimum atomic E-state index is -4.37. The van der Waals surface area contributed by atoms with Gasteiger partial charge in [-0.1, -0.05) is 31.8 Å². The Morgan fingerprint density at radius 2 is 1.70 bits per heavy atom. The highest BCUT2D eigenvalue weighted by molar-refractivity contribution is 5.98. The molecule has 1 saturated carbocycles. The van der Waals surface area contributed by atoms with Crippen molar-refractivity contribution in [1.29, 1.82) is 0 Å². The van der Waals surface area contributed by atoms with E-state index < -0.39 is 11.7 Å². The molecule has 0 amide bonds. The van der Waals surface area contributed by atoms with E-state index in [1.807, 2.05) is 6.08 Å². The highest BCUT2D eigenvalue weighted by atomic mass is 19.4. The fourth-order valence-electron chi connectivity index (χ4n) is 3.66. The van der Waals surface area contributed by atoms with Gasteiger partial charge in [0.05, 0.1) is 5.57 Å². The van der Waals surface area contributed by atoms with Crippen LogP contribution < -0.4 is 9.47 Å². The largest absolute Gasteiger partial charge is 0.454 e. The number of hydrogen-bond acceptors (Lipinski definition) is 2. The monoisotopic (exact) mass is 322 g/mol. The van der Waals surface area contributed by atoms with E-state index in [0.29, 0.717) is 28.6 Å². The summed E-state index contributed by atoms with van der Waals surface area (Å²) in [5.74, 6) is 1.51. The van der Waals surface area contributed by atoms with Crippen LogP contribution in [0.4, 0.5) is 13.2 Å². The molecule has 122 valence electrons. The van der Waals surface area contributed by atoms with Gasteiger partial charge in [-0.3, -0.25) is 0 Å². The summed E-state index contributed by atoms with van der Waals surface area (Å²) in [7, 11) is 0. The first-order valence-electron chi connectivity index (χ1n) is 7.96. The molecular weight excluding hydrogens is 305 g/mol. The van der Waals surface area contributed by atoms with Crippen LogP contribution in [0.15, 0.2) is 24.3 Å². The van der Waals surface area contributed by atoms with Gasteiger partial charge in [0.1, 0.15) is 0 Å². The number of rotatable bonds is 2. The summed E-state index contributed by atoms with van der Waals surface area (Å²) in [6.45, 7) is 0.0599. The smallest absolute Gasteiger partial charge is 0.417 e. The number of allylic oxidation sites excluding steroid dienone is 4. The van der Waals surface area contributed by atoms with E-state index in [1.165, 1.54) is 37.8 Å². The topological polar surface area (TPSA) is 18.5 Å². The van der Waals surface area contributed by atoms with Crippen LogP contribution in [0.2, 0.25) is 0 Å². The molecule has 0 saturated heterocycles. The average Bonchev–Trinajstić information content (AvgIpc) is 3.21. The van der Waals surface area contributed by atoms with Crippen molar-refractivity contribution in [2.24, 2.45) is 5.92 Å². The number of fused-ring (bicyclic) bond motifs is 2. The Bertz CT molecular complexity index is 695. The van der Waals surface area contributed by atoms with Crippen molar-refractivity contribution in [3.05, 3.63) is 35.4 Å². The molecule has 0 unspecified atom stereocenters. The predicted molar refractivity (Wildman–Crippen MR) is 81.1 cm³/mol. The van der Waals surface area contributed by atoms with E-state index >= 15 is 0 Å². The summed E-state index contributed by atoms with van der Waals surface area (Å²) in [4.78, 5) is 0. The van der Waals surface area contributed by atoms with Crippen LogP contribution >= 0.6 is 0 Å². The normalized spacial score (nSPS) is 21.9. The van der Waals surface area contributed by atoms with Crippen molar-refractivity contribution in [2.45, 2.75) is 38.3 Å². The zero-order valence-electron chi connectivity index (χ0n) is 12.6. The maximum atomic E-state index is 13.3. The molecule has 5 heteroatoms. The van der Waals surface area contributed by atoms with E-state index in [4.69, 9.17) is 9.47 Å². The highest BCUT2D eigenvalue weighted by Crippen LogP contribution is 2.49. The molecule has 3 aliphatic rings. The zero-order chi connectivity index (χ0) is 16.0. The summed E-state index contributed by atoms with van der Waals surface area (Å²) < 4.78 is 50.6. The minimum Gasteiger partial charge on any atom is -0.454 e. The van der Waals surface area contributed by atoms with E-state index in [9.17, 15) is 13.2 Å². The average molecular weight is 322 g/mol. The fourth-order valence-corrected chi connectivity index (χ4v) is 3.66. The number of benzene rings is 1. The Morgan fingerprint density at radius 3 is 2.35 bits per heavy atom. The van der Waals surface area contributed by atoms with Gasteiger partial charge >= 0.3 is 6.18 Å². The molecule has 0 aromatic heterocycles. The van der Waals surface area contributed by atoms with Crippen molar-refractivity contribution in [2.75, 3.05) is 6.79 Å². The maximum absolute atomic E-state index is 13.3. The van der Waals surface area contributed by atoms with Gasteiger partial charge in [-0.25, -0.2) is 0 Å². The van der Waals surface area contributed by atoms with Gasteiger partial charge in [0.2, 0.25) is 6.79 Å². The lowest BCUT2D eigenvalue weighted by atomic mass is 9.98. The maximum Gasteiger partial charge on any atom is 0.417 e. The molecule has 0 spiro atoms. The van der Waals surface area contributed by atoms with E-state index in [2.05, 4.69) is 0 Å². The quantitative estimate of drug-likeness (QED) is 0.732. The molecule has 23 heavy (non-hydrogen) atoms. The summed E-state index contributed by atoms with van der Waals surface area (Å²) >= 11 is 0. The van der Waals surface area contributed by atoms with Gasteiger partial charge in [0.25, 0.3) is 0 Å². The van der Waals surface area contributed by atoms with Crippen LogP contribution in [-0.2, 0) is 0 Å². The molecule has 4 rings (SSSR count). The third-order valence-corrected chi connectivity index (χ3v) is 4.86. The first-order chi connectivity index (χ1) is 11.0. The first-order valence-corrected chi connectivity index (χ1v) is 7.96. The van der Waals surface area contributed by atoms with Gasteiger partial charge in [-0.15, -0.1) is 0 Å². The van der Waals surface area contributed by atoms with Crippen LogP contribution in [0.5, 0.6) is 11.5 Å². The van der Waals surface area contributed by atoms with Gasteiger partial charge in [-0.05, 0) is 47.2 Å². The Kier molecular flexibility index (Phi) is 3.39. The predicted octanol–water partition coefficient (Wildman–Crippen LogP) is 5.34. The zero-order valence-corrected chi connectivity index (χ0v) is 12.6. The van der Waals surface area contributed by atoms with Crippen molar-refractivity contribution in [3.8, 4) is 11.5 Å². The molecule has 0 radical (unpaired) electrons. The first kappa shape index (κ1) is 14.7. The Labute approximate surface area is 132 Å². The van der Waals surface area contributed by atoms with Gasteiger partial charge in [0, 0.05) is 0 Å². The van der Waals surface area contributed by atoms with Crippen molar-refractivity contribution >= 4 is 11.1 Å².